The summed E-state index contributed by atoms with van der Waals surface area (Å²) in [7, 11) is 0. The van der Waals surface area contributed by atoms with Gasteiger partial charge < -0.3 is 41.2 Å². The van der Waals surface area contributed by atoms with Crippen molar-refractivity contribution < 1.29 is 44.4 Å². The van der Waals surface area contributed by atoms with Gasteiger partial charge in [-0.3, -0.25) is 14.4 Å². The maximum atomic E-state index is 12.6. The van der Waals surface area contributed by atoms with Crippen molar-refractivity contribution in [3.05, 3.63) is 59.7 Å². The number of carbonyl (C=O) groups is 4. The summed E-state index contributed by atoms with van der Waals surface area (Å²) in [6.45, 7) is -0.0393. The van der Waals surface area contributed by atoms with Gasteiger partial charge in [0.15, 0.2) is 11.8 Å². The zero-order valence-corrected chi connectivity index (χ0v) is 18.8. The molecule has 0 aromatic heterocycles. The molecule has 0 saturated carbocycles. The number of hydrogen-bond donors (Lipinski definition) is 6. The Morgan fingerprint density at radius 1 is 1.08 bits per heavy atom. The summed E-state index contributed by atoms with van der Waals surface area (Å²) < 4.78 is 5.40. The Bertz CT molecular complexity index is 1170. The molecule has 7 N–H and O–H groups in total. The molecular weight excluding hydrogens is 476 g/mol. The van der Waals surface area contributed by atoms with Gasteiger partial charge in [0.05, 0.1) is 13.2 Å². The number of carboxylic acid groups (broad SMARTS) is 2. The Morgan fingerprint density at radius 2 is 1.72 bits per heavy atom. The number of hydrogen-bond acceptors (Lipinski definition) is 9. The molecular formula is C23H24N4O9. The molecule has 13 nitrogen and oxygen atoms in total. The number of likely N-dealkylation sites (tertiary alicyclic amines) is 1. The highest BCUT2D eigenvalue weighted by molar-refractivity contribution is 6.45. The lowest BCUT2D eigenvalue weighted by atomic mass is 9.97. The van der Waals surface area contributed by atoms with Gasteiger partial charge in [0.25, 0.3) is 5.91 Å². The summed E-state index contributed by atoms with van der Waals surface area (Å²) in [6.07, 6.45) is 0.0880. The molecule has 190 valence electrons. The number of phenolic OH excluding ortho intramolecular Hbond substituents is 1. The molecule has 2 aromatic carbocycles. The van der Waals surface area contributed by atoms with Crippen LogP contribution in [0.1, 0.15) is 23.6 Å². The fraction of sp³-hybridized carbons (Fsp3) is 0.261. The lowest BCUT2D eigenvalue weighted by Crippen LogP contribution is -2.66. The quantitative estimate of drug-likeness (QED) is 0.104. The Morgan fingerprint density at radius 3 is 2.25 bits per heavy atom. The van der Waals surface area contributed by atoms with Gasteiger partial charge in [-0.05, 0) is 42.0 Å². The molecule has 0 bridgehead atoms. The Balaban J connectivity index is 1.59. The molecule has 1 heterocycles. The molecule has 3 rings (SSSR count). The molecule has 1 saturated heterocycles. The Kier molecular flexibility index (Phi) is 8.07. The van der Waals surface area contributed by atoms with E-state index in [1.807, 2.05) is 0 Å². The molecule has 0 spiro atoms. The zero-order chi connectivity index (χ0) is 26.4. The first-order valence-electron chi connectivity index (χ1n) is 10.7. The van der Waals surface area contributed by atoms with Crippen LogP contribution in [0.5, 0.6) is 11.5 Å². The van der Waals surface area contributed by atoms with Crippen LogP contribution in [0.2, 0.25) is 0 Å². The number of phenols is 1. The number of carboxylic acids is 2. The van der Waals surface area contributed by atoms with Crippen molar-refractivity contribution in [1.82, 2.24) is 10.2 Å². The number of nitrogens with two attached hydrogens (primary N) is 1. The van der Waals surface area contributed by atoms with Crippen LogP contribution < -0.4 is 15.8 Å². The molecule has 1 unspecified atom stereocenters. The van der Waals surface area contributed by atoms with Gasteiger partial charge >= 0.3 is 11.9 Å². The number of nitrogens with zero attached hydrogens (tertiary/aromatic N) is 2. The molecule has 2 amide bonds. The van der Waals surface area contributed by atoms with Crippen molar-refractivity contribution in [2.75, 3.05) is 13.2 Å². The minimum atomic E-state index is -1.30. The largest absolute Gasteiger partial charge is 0.508 e. The second-order valence-electron chi connectivity index (χ2n) is 7.90. The van der Waals surface area contributed by atoms with Gasteiger partial charge in [0.1, 0.15) is 23.6 Å². The number of nitrogens with one attached hydrogen (secondary N) is 1. The van der Waals surface area contributed by atoms with E-state index in [0.29, 0.717) is 5.75 Å². The van der Waals surface area contributed by atoms with Crippen LogP contribution >= 0.6 is 0 Å². The average Bonchev–Trinajstić information content (AvgIpc) is 2.85. The Labute approximate surface area is 204 Å². The molecule has 2 aromatic rings. The SMILES string of the molecule is N[C@H](CCOc1ccc(/C(=N\O)C(=O)N[C@H]2CN(C(C(=O)O)c3ccc(O)cc3)C2=O)cc1)C(=O)O. The summed E-state index contributed by atoms with van der Waals surface area (Å²) >= 11 is 0. The third-order valence-electron chi connectivity index (χ3n) is 5.48. The van der Waals surface area contributed by atoms with Gasteiger partial charge in [-0.1, -0.05) is 17.3 Å². The normalized spacial score (nSPS) is 17.0. The second-order valence-corrected chi connectivity index (χ2v) is 7.90. The van der Waals surface area contributed by atoms with Crippen molar-refractivity contribution >= 4 is 29.5 Å². The molecule has 13 heteroatoms. The molecule has 1 aliphatic rings. The van der Waals surface area contributed by atoms with E-state index in [2.05, 4.69) is 10.5 Å². The van der Waals surface area contributed by atoms with E-state index in [0.717, 1.165) is 4.90 Å². The number of rotatable bonds is 11. The van der Waals surface area contributed by atoms with Crippen molar-refractivity contribution in [2.45, 2.75) is 24.5 Å². The molecule has 36 heavy (non-hydrogen) atoms. The van der Waals surface area contributed by atoms with E-state index in [1.54, 1.807) is 0 Å². The maximum absolute atomic E-state index is 12.6. The van der Waals surface area contributed by atoms with Crippen LogP contribution in [0.25, 0.3) is 0 Å². The predicted molar refractivity (Wildman–Crippen MR) is 123 cm³/mol. The smallest absolute Gasteiger partial charge is 0.331 e. The van der Waals surface area contributed by atoms with E-state index < -0.39 is 41.9 Å². The number of aliphatic carboxylic acids is 2. The highest BCUT2D eigenvalue weighted by Gasteiger charge is 2.45. The minimum Gasteiger partial charge on any atom is -0.508 e. The van der Waals surface area contributed by atoms with Gasteiger partial charge in [0, 0.05) is 12.0 Å². The number of oxime groups is 1. The lowest BCUT2D eigenvalue weighted by Gasteiger charge is -2.42. The Hall–Kier alpha value is -4.65. The number of ether oxygens (including phenoxy) is 1. The van der Waals surface area contributed by atoms with Gasteiger partial charge in [-0.25, -0.2) is 4.79 Å². The van der Waals surface area contributed by atoms with Crippen molar-refractivity contribution in [3.8, 4) is 11.5 Å². The van der Waals surface area contributed by atoms with Crippen LogP contribution in [0, 0.1) is 0 Å². The van der Waals surface area contributed by atoms with E-state index in [9.17, 15) is 34.6 Å². The van der Waals surface area contributed by atoms with Crippen LogP contribution in [0.15, 0.2) is 53.7 Å². The zero-order valence-electron chi connectivity index (χ0n) is 18.8. The highest BCUT2D eigenvalue weighted by atomic mass is 16.5. The lowest BCUT2D eigenvalue weighted by molar-refractivity contribution is -0.160. The fourth-order valence-corrected chi connectivity index (χ4v) is 3.50. The molecule has 0 radical (unpaired) electrons. The number of aromatic hydroxyl groups is 1. The van der Waals surface area contributed by atoms with Crippen molar-refractivity contribution in [2.24, 2.45) is 10.9 Å². The second kappa shape index (κ2) is 11.2. The first-order chi connectivity index (χ1) is 17.1. The number of amides is 2. The summed E-state index contributed by atoms with van der Waals surface area (Å²) in [5.74, 6) is -3.59. The van der Waals surface area contributed by atoms with E-state index in [4.69, 9.17) is 15.6 Å². The van der Waals surface area contributed by atoms with Gasteiger partial charge in [-0.15, -0.1) is 0 Å². The molecule has 1 fully saturated rings. The third-order valence-corrected chi connectivity index (χ3v) is 5.48. The topological polar surface area (TPSA) is 212 Å². The van der Waals surface area contributed by atoms with Crippen LogP contribution in [0.3, 0.4) is 0 Å². The summed E-state index contributed by atoms with van der Waals surface area (Å²) in [5, 5.41) is 42.5. The van der Waals surface area contributed by atoms with E-state index >= 15 is 0 Å². The van der Waals surface area contributed by atoms with Crippen LogP contribution in [-0.4, -0.2) is 80.1 Å². The maximum Gasteiger partial charge on any atom is 0.331 e. The number of carbonyl (C=O) groups excluding carboxylic acids is 2. The van der Waals surface area contributed by atoms with Gasteiger partial charge in [-0.2, -0.15) is 0 Å². The first-order valence-corrected chi connectivity index (χ1v) is 10.7. The minimum absolute atomic E-state index is 0.0516. The third kappa shape index (κ3) is 5.88. The standard InChI is InChI=1S/C23H24N4O9/c24-16(22(31)32)9-10-36-15-7-3-12(4-8-15)18(26-35)20(29)25-17-11-27(21(17)30)19(23(33)34)13-1-5-14(28)6-2-13/h1-8,16-17,19,28,35H,9-11,24H2,(H,25,29)(H,31,32)(H,33,34)/b26-18+/t16-,17+,19?/m1/s1. The summed E-state index contributed by atoms with van der Waals surface area (Å²) in [5.41, 5.74) is 5.51. The molecule has 0 aliphatic carbocycles. The van der Waals surface area contributed by atoms with E-state index in [1.165, 1.54) is 48.5 Å². The van der Waals surface area contributed by atoms with Crippen molar-refractivity contribution in [3.63, 3.8) is 0 Å². The molecule has 1 aliphatic heterocycles. The monoisotopic (exact) mass is 500 g/mol. The number of β-lactam (4-membered cyclic amide) rings is 1. The molecule has 3 atom stereocenters. The van der Waals surface area contributed by atoms with Crippen LogP contribution in [0.4, 0.5) is 0 Å². The summed E-state index contributed by atoms with van der Waals surface area (Å²) in [4.78, 5) is 48.8. The highest BCUT2D eigenvalue weighted by Crippen LogP contribution is 2.28. The van der Waals surface area contributed by atoms with Gasteiger partial charge in [0.2, 0.25) is 5.91 Å². The predicted octanol–water partition coefficient (Wildman–Crippen LogP) is -0.0958. The van der Waals surface area contributed by atoms with Crippen LogP contribution in [-0.2, 0) is 19.2 Å². The average molecular weight is 500 g/mol. The van der Waals surface area contributed by atoms with Crippen molar-refractivity contribution in [1.29, 1.82) is 0 Å². The summed E-state index contributed by atoms with van der Waals surface area (Å²) in [6, 6.07) is 7.83. The first kappa shape index (κ1) is 26.0. The number of benzene rings is 2. The van der Waals surface area contributed by atoms with E-state index in [-0.39, 0.29) is 42.2 Å². The fourth-order valence-electron chi connectivity index (χ4n) is 3.50.